The van der Waals surface area contributed by atoms with Crippen LogP contribution in [-0.4, -0.2) is 33.6 Å². The van der Waals surface area contributed by atoms with Crippen molar-refractivity contribution in [1.29, 1.82) is 0 Å². The molecule has 0 bridgehead atoms. The van der Waals surface area contributed by atoms with Crippen LogP contribution >= 0.6 is 0 Å². The summed E-state index contributed by atoms with van der Waals surface area (Å²) in [5.74, 6) is -0.234. The molecule has 23 heavy (non-hydrogen) atoms. The first-order chi connectivity index (χ1) is 11.0. The lowest BCUT2D eigenvalue weighted by molar-refractivity contribution is 0.0984. The van der Waals surface area contributed by atoms with E-state index in [2.05, 4.69) is 10.1 Å². The summed E-state index contributed by atoms with van der Waals surface area (Å²) in [7, 11) is 0. The normalized spacial score (nSPS) is 11.0. The topological polar surface area (TPSA) is 51.0 Å². The van der Waals surface area contributed by atoms with Gasteiger partial charge in [0.2, 0.25) is 0 Å². The molecule has 0 aliphatic heterocycles. The van der Waals surface area contributed by atoms with Gasteiger partial charge in [0.1, 0.15) is 6.54 Å². The highest BCUT2D eigenvalue weighted by Gasteiger charge is 2.22. The van der Waals surface area contributed by atoms with Crippen LogP contribution in [0.5, 0.6) is 0 Å². The molecule has 7 heteroatoms. The largest absolute Gasteiger partial charge is 0.308 e. The van der Waals surface area contributed by atoms with E-state index in [1.807, 2.05) is 6.92 Å². The number of aryl methyl sites for hydroxylation is 1. The zero-order valence-corrected chi connectivity index (χ0v) is 13.2. The molecule has 0 aromatic carbocycles. The van der Waals surface area contributed by atoms with Crippen LogP contribution in [0.25, 0.3) is 0 Å². The van der Waals surface area contributed by atoms with Gasteiger partial charge in [0.05, 0.1) is 11.3 Å². The fourth-order valence-electron chi connectivity index (χ4n) is 2.30. The zero-order chi connectivity index (χ0) is 16.8. The molecule has 124 valence electrons. The quantitative estimate of drug-likeness (QED) is 0.786. The number of halogens is 2. The molecule has 0 spiro atoms. The van der Waals surface area contributed by atoms with Crippen molar-refractivity contribution < 1.29 is 13.6 Å². The van der Waals surface area contributed by atoms with Gasteiger partial charge in [-0.1, -0.05) is 13.3 Å². The monoisotopic (exact) mass is 322 g/mol. The summed E-state index contributed by atoms with van der Waals surface area (Å²) in [6.07, 6.45) is 3.91. The van der Waals surface area contributed by atoms with Crippen molar-refractivity contribution in [3.05, 3.63) is 42.0 Å². The second-order valence-electron chi connectivity index (χ2n) is 5.26. The fraction of sp³-hybridized carbons (Fsp3) is 0.438. The number of rotatable bonds is 7. The molecule has 0 fully saturated rings. The number of alkyl halides is 2. The molecule has 0 radical (unpaired) electrons. The van der Waals surface area contributed by atoms with E-state index in [9.17, 15) is 13.6 Å². The van der Waals surface area contributed by atoms with E-state index in [-0.39, 0.29) is 5.91 Å². The van der Waals surface area contributed by atoms with Crippen LogP contribution in [0.15, 0.2) is 30.7 Å². The van der Waals surface area contributed by atoms with Crippen LogP contribution in [0.3, 0.4) is 0 Å². The van der Waals surface area contributed by atoms with Gasteiger partial charge in [0.15, 0.2) is 0 Å². The molecule has 2 aromatic rings. The predicted molar refractivity (Wildman–Crippen MR) is 83.8 cm³/mol. The van der Waals surface area contributed by atoms with E-state index in [4.69, 9.17) is 0 Å². The first-order valence-electron chi connectivity index (χ1n) is 7.57. The van der Waals surface area contributed by atoms with Crippen LogP contribution in [0.4, 0.5) is 14.5 Å². The number of carbonyl (C=O) groups excluding carboxylic acids is 1. The second kappa shape index (κ2) is 7.80. The highest BCUT2D eigenvalue weighted by molar-refractivity contribution is 6.06. The molecule has 1 amide bonds. The Hall–Kier alpha value is -2.31. The number of amides is 1. The van der Waals surface area contributed by atoms with E-state index in [1.54, 1.807) is 36.4 Å². The molecule has 0 aliphatic carbocycles. The van der Waals surface area contributed by atoms with Crippen molar-refractivity contribution in [2.45, 2.75) is 39.7 Å². The van der Waals surface area contributed by atoms with Gasteiger partial charge < -0.3 is 4.90 Å². The summed E-state index contributed by atoms with van der Waals surface area (Å²) in [6.45, 7) is 3.73. The lowest BCUT2D eigenvalue weighted by atomic mass is 10.2. The third kappa shape index (κ3) is 4.34. The highest BCUT2D eigenvalue weighted by atomic mass is 19.3. The van der Waals surface area contributed by atoms with E-state index in [0.29, 0.717) is 17.8 Å². The maximum atomic E-state index is 12.8. The number of anilines is 1. The molecule has 0 N–H and O–H groups in total. The smallest absolute Gasteiger partial charge is 0.261 e. The van der Waals surface area contributed by atoms with E-state index in [1.165, 1.54) is 6.20 Å². The number of nitrogens with zero attached hydrogens (tertiary/aromatic N) is 4. The standard InChI is InChI=1S/C16H20F2N4O/c1-3-4-9-22(13-5-7-19-8-6-13)16(23)14-10-21(11-15(17)18)20-12(14)2/h5-8,10,15H,3-4,9,11H2,1-2H3. The minimum absolute atomic E-state index is 0.234. The Morgan fingerprint density at radius 1 is 1.35 bits per heavy atom. The van der Waals surface area contributed by atoms with Crippen molar-refractivity contribution in [3.8, 4) is 0 Å². The molecule has 0 unspecified atom stereocenters. The Morgan fingerprint density at radius 3 is 2.65 bits per heavy atom. The molecular formula is C16H20F2N4O. The number of pyridine rings is 1. The second-order valence-corrected chi connectivity index (χ2v) is 5.26. The number of carbonyl (C=O) groups is 1. The fourth-order valence-corrected chi connectivity index (χ4v) is 2.30. The van der Waals surface area contributed by atoms with Gasteiger partial charge in [-0.3, -0.25) is 14.5 Å². The first-order valence-corrected chi connectivity index (χ1v) is 7.57. The third-order valence-electron chi connectivity index (χ3n) is 3.46. The summed E-state index contributed by atoms with van der Waals surface area (Å²) in [4.78, 5) is 18.4. The Labute approximate surface area is 133 Å². The van der Waals surface area contributed by atoms with E-state index in [0.717, 1.165) is 23.2 Å². The highest BCUT2D eigenvalue weighted by Crippen LogP contribution is 2.19. The summed E-state index contributed by atoms with van der Waals surface area (Å²) in [6, 6.07) is 3.51. The van der Waals surface area contributed by atoms with Crippen LogP contribution in [0.1, 0.15) is 35.8 Å². The minimum atomic E-state index is -2.51. The maximum absolute atomic E-state index is 12.8. The Morgan fingerprint density at radius 2 is 2.04 bits per heavy atom. The van der Waals surface area contributed by atoms with Crippen LogP contribution < -0.4 is 4.90 Å². The Bertz CT molecular complexity index is 643. The summed E-state index contributed by atoms with van der Waals surface area (Å²) in [5, 5.41) is 4.01. The lowest BCUT2D eigenvalue weighted by Crippen LogP contribution is -2.32. The summed E-state index contributed by atoms with van der Waals surface area (Å²) >= 11 is 0. The molecule has 0 aliphatic rings. The van der Waals surface area contributed by atoms with Gasteiger partial charge >= 0.3 is 0 Å². The molecule has 0 atom stereocenters. The van der Waals surface area contributed by atoms with Crippen LogP contribution in [0, 0.1) is 6.92 Å². The average molecular weight is 322 g/mol. The summed E-state index contributed by atoms with van der Waals surface area (Å²) < 4.78 is 26.1. The molecular weight excluding hydrogens is 302 g/mol. The molecule has 0 saturated heterocycles. The Kier molecular flexibility index (Phi) is 5.78. The van der Waals surface area contributed by atoms with Gasteiger partial charge in [-0.05, 0) is 25.5 Å². The molecule has 2 aromatic heterocycles. The van der Waals surface area contributed by atoms with Crippen molar-refractivity contribution in [1.82, 2.24) is 14.8 Å². The lowest BCUT2D eigenvalue weighted by Gasteiger charge is -2.22. The van der Waals surface area contributed by atoms with E-state index >= 15 is 0 Å². The van der Waals surface area contributed by atoms with Gasteiger partial charge in [-0.25, -0.2) is 8.78 Å². The van der Waals surface area contributed by atoms with Gasteiger partial charge in [0, 0.05) is 30.8 Å². The maximum Gasteiger partial charge on any atom is 0.261 e. The van der Waals surface area contributed by atoms with Gasteiger partial charge in [-0.2, -0.15) is 5.10 Å². The molecule has 2 heterocycles. The molecule has 5 nitrogen and oxygen atoms in total. The van der Waals surface area contributed by atoms with Gasteiger partial charge in [-0.15, -0.1) is 0 Å². The predicted octanol–water partition coefficient (Wildman–Crippen LogP) is 3.30. The summed E-state index contributed by atoms with van der Waals surface area (Å²) in [5.41, 5.74) is 1.53. The van der Waals surface area contributed by atoms with Crippen molar-refractivity contribution in [2.24, 2.45) is 0 Å². The van der Waals surface area contributed by atoms with Crippen molar-refractivity contribution in [3.63, 3.8) is 0 Å². The van der Waals surface area contributed by atoms with E-state index < -0.39 is 13.0 Å². The van der Waals surface area contributed by atoms with Gasteiger partial charge in [0.25, 0.3) is 12.3 Å². The number of hydrogen-bond acceptors (Lipinski definition) is 3. The third-order valence-corrected chi connectivity index (χ3v) is 3.46. The first kappa shape index (κ1) is 17.1. The minimum Gasteiger partial charge on any atom is -0.308 e. The van der Waals surface area contributed by atoms with Crippen LogP contribution in [0.2, 0.25) is 0 Å². The molecule has 2 rings (SSSR count). The SMILES string of the molecule is CCCCN(C(=O)c1cn(CC(F)F)nc1C)c1ccncc1. The van der Waals surface area contributed by atoms with Crippen molar-refractivity contribution >= 4 is 11.6 Å². The molecule has 0 saturated carbocycles. The average Bonchev–Trinajstić information content (AvgIpc) is 2.88. The van der Waals surface area contributed by atoms with Crippen LogP contribution in [-0.2, 0) is 6.54 Å². The number of unbranched alkanes of at least 4 members (excludes halogenated alkanes) is 1. The van der Waals surface area contributed by atoms with Crippen molar-refractivity contribution in [2.75, 3.05) is 11.4 Å². The zero-order valence-electron chi connectivity index (χ0n) is 13.2. The number of hydrogen-bond donors (Lipinski definition) is 0. The Balaban J connectivity index is 2.28. The number of aromatic nitrogens is 3.